The molecule has 22 heavy (non-hydrogen) atoms. The first-order valence-corrected chi connectivity index (χ1v) is 7.00. The number of oxazole rings is 1. The van der Waals surface area contributed by atoms with Gasteiger partial charge in [-0.25, -0.2) is 9.78 Å². The molecule has 0 spiro atoms. The monoisotopic (exact) mass is 297 g/mol. The molecule has 3 aromatic rings. The van der Waals surface area contributed by atoms with Crippen LogP contribution >= 0.6 is 0 Å². The molecule has 3 rings (SSSR count). The van der Waals surface area contributed by atoms with E-state index in [2.05, 4.69) is 4.98 Å². The van der Waals surface area contributed by atoms with Crippen molar-refractivity contribution < 1.29 is 19.1 Å². The lowest BCUT2D eigenvalue weighted by Gasteiger charge is -2.06. The van der Waals surface area contributed by atoms with Crippen molar-refractivity contribution in [3.05, 3.63) is 59.5 Å². The van der Waals surface area contributed by atoms with Crippen LogP contribution in [0.15, 0.2) is 46.9 Å². The van der Waals surface area contributed by atoms with Crippen molar-refractivity contribution in [3.8, 4) is 5.75 Å². The van der Waals surface area contributed by atoms with Gasteiger partial charge in [0.05, 0.1) is 5.56 Å². The number of aryl methyl sites for hydroxylation is 1. The fourth-order valence-corrected chi connectivity index (χ4v) is 2.10. The molecular weight excluding hydrogens is 282 g/mol. The molecule has 0 fully saturated rings. The first-order valence-electron chi connectivity index (χ1n) is 7.00. The molecule has 5 nitrogen and oxygen atoms in total. The van der Waals surface area contributed by atoms with Gasteiger partial charge in [0.1, 0.15) is 17.9 Å². The van der Waals surface area contributed by atoms with Crippen molar-refractivity contribution in [2.45, 2.75) is 20.0 Å². The molecule has 0 aliphatic heterocycles. The second kappa shape index (κ2) is 5.89. The summed E-state index contributed by atoms with van der Waals surface area (Å²) in [6.45, 7) is 2.35. The van der Waals surface area contributed by atoms with Crippen LogP contribution in [0.2, 0.25) is 0 Å². The molecule has 1 heterocycles. The number of hydrogen-bond acceptors (Lipinski definition) is 4. The van der Waals surface area contributed by atoms with Crippen molar-refractivity contribution in [2.24, 2.45) is 0 Å². The summed E-state index contributed by atoms with van der Waals surface area (Å²) in [7, 11) is 0. The Morgan fingerprint density at radius 2 is 2.00 bits per heavy atom. The number of aromatic nitrogens is 1. The Morgan fingerprint density at radius 1 is 1.23 bits per heavy atom. The molecule has 5 heteroatoms. The molecular formula is C17H15NO4. The molecule has 1 aromatic heterocycles. The second-order valence-corrected chi connectivity index (χ2v) is 4.88. The van der Waals surface area contributed by atoms with Gasteiger partial charge in [0.25, 0.3) is 0 Å². The van der Waals surface area contributed by atoms with Crippen molar-refractivity contribution in [2.75, 3.05) is 0 Å². The highest BCUT2D eigenvalue weighted by molar-refractivity contribution is 5.87. The van der Waals surface area contributed by atoms with Gasteiger partial charge in [-0.05, 0) is 29.8 Å². The highest BCUT2D eigenvalue weighted by Gasteiger charge is 2.06. The lowest BCUT2D eigenvalue weighted by molar-refractivity contribution is 0.0697. The summed E-state index contributed by atoms with van der Waals surface area (Å²) < 4.78 is 11.3. The SMILES string of the molecule is CCc1nc2ccc(OCc3ccc(C(=O)O)cc3)cc2o1. The largest absolute Gasteiger partial charge is 0.489 e. The zero-order valence-electron chi connectivity index (χ0n) is 12.1. The highest BCUT2D eigenvalue weighted by Crippen LogP contribution is 2.22. The number of carbonyl (C=O) groups is 1. The third-order valence-electron chi connectivity index (χ3n) is 3.31. The average molecular weight is 297 g/mol. The van der Waals surface area contributed by atoms with Gasteiger partial charge in [-0.1, -0.05) is 19.1 Å². The predicted molar refractivity (Wildman–Crippen MR) is 81.1 cm³/mol. The van der Waals surface area contributed by atoms with Crippen LogP contribution in [-0.2, 0) is 13.0 Å². The smallest absolute Gasteiger partial charge is 0.335 e. The first-order chi connectivity index (χ1) is 10.7. The van der Waals surface area contributed by atoms with Crippen LogP contribution in [0.5, 0.6) is 5.75 Å². The van der Waals surface area contributed by atoms with E-state index in [1.54, 1.807) is 24.3 Å². The van der Waals surface area contributed by atoms with Crippen molar-refractivity contribution in [3.63, 3.8) is 0 Å². The summed E-state index contributed by atoms with van der Waals surface area (Å²) >= 11 is 0. The van der Waals surface area contributed by atoms with Gasteiger partial charge in [0.15, 0.2) is 11.5 Å². The summed E-state index contributed by atoms with van der Waals surface area (Å²) in [5.41, 5.74) is 2.68. The predicted octanol–water partition coefficient (Wildman–Crippen LogP) is 3.67. The molecule has 0 bridgehead atoms. The van der Waals surface area contributed by atoms with Gasteiger partial charge in [-0.3, -0.25) is 0 Å². The van der Waals surface area contributed by atoms with Crippen LogP contribution in [0.3, 0.4) is 0 Å². The fraction of sp³-hybridized carbons (Fsp3) is 0.176. The molecule has 0 saturated heterocycles. The summed E-state index contributed by atoms with van der Waals surface area (Å²) in [6.07, 6.45) is 0.751. The van der Waals surface area contributed by atoms with E-state index in [-0.39, 0.29) is 5.56 Å². The van der Waals surface area contributed by atoms with E-state index in [0.29, 0.717) is 23.8 Å². The average Bonchev–Trinajstić information content (AvgIpc) is 2.95. The molecule has 0 aliphatic rings. The number of aromatic carboxylic acids is 1. The molecule has 0 atom stereocenters. The van der Waals surface area contributed by atoms with Crippen molar-refractivity contribution in [1.29, 1.82) is 0 Å². The van der Waals surface area contributed by atoms with E-state index in [1.807, 2.05) is 25.1 Å². The minimum Gasteiger partial charge on any atom is -0.489 e. The maximum atomic E-state index is 10.8. The van der Waals surface area contributed by atoms with Gasteiger partial charge in [-0.15, -0.1) is 0 Å². The van der Waals surface area contributed by atoms with Crippen LogP contribution in [0.4, 0.5) is 0 Å². The zero-order valence-corrected chi connectivity index (χ0v) is 12.1. The van der Waals surface area contributed by atoms with Gasteiger partial charge >= 0.3 is 5.97 Å². The Labute approximate surface area is 127 Å². The lowest BCUT2D eigenvalue weighted by Crippen LogP contribution is -1.98. The number of fused-ring (bicyclic) bond motifs is 1. The third-order valence-corrected chi connectivity index (χ3v) is 3.31. The van der Waals surface area contributed by atoms with E-state index in [1.165, 1.54) is 0 Å². The molecule has 0 amide bonds. The van der Waals surface area contributed by atoms with Crippen LogP contribution in [-0.4, -0.2) is 16.1 Å². The Hall–Kier alpha value is -2.82. The zero-order chi connectivity index (χ0) is 15.5. The Morgan fingerprint density at radius 3 is 2.68 bits per heavy atom. The minimum atomic E-state index is -0.935. The topological polar surface area (TPSA) is 72.6 Å². The number of ether oxygens (including phenoxy) is 1. The molecule has 1 N–H and O–H groups in total. The number of carboxylic acids is 1. The van der Waals surface area contributed by atoms with Crippen molar-refractivity contribution in [1.82, 2.24) is 4.98 Å². The summed E-state index contributed by atoms with van der Waals surface area (Å²) in [4.78, 5) is 15.1. The van der Waals surface area contributed by atoms with Gasteiger partial charge in [-0.2, -0.15) is 0 Å². The molecule has 0 aliphatic carbocycles. The van der Waals surface area contributed by atoms with E-state index in [4.69, 9.17) is 14.3 Å². The van der Waals surface area contributed by atoms with Crippen molar-refractivity contribution >= 4 is 17.1 Å². The summed E-state index contributed by atoms with van der Waals surface area (Å²) in [5, 5.41) is 8.86. The number of rotatable bonds is 5. The number of nitrogens with zero attached hydrogens (tertiary/aromatic N) is 1. The van der Waals surface area contributed by atoms with Gasteiger partial charge < -0.3 is 14.3 Å². The summed E-state index contributed by atoms with van der Waals surface area (Å²) in [6, 6.07) is 12.1. The summed E-state index contributed by atoms with van der Waals surface area (Å²) in [5.74, 6) is 0.458. The number of benzene rings is 2. The van der Waals surface area contributed by atoms with Crippen LogP contribution in [0.25, 0.3) is 11.1 Å². The fourth-order valence-electron chi connectivity index (χ4n) is 2.10. The number of hydrogen-bond donors (Lipinski definition) is 1. The Kier molecular flexibility index (Phi) is 3.78. The minimum absolute atomic E-state index is 0.263. The van der Waals surface area contributed by atoms with E-state index >= 15 is 0 Å². The van der Waals surface area contributed by atoms with E-state index < -0.39 is 5.97 Å². The maximum Gasteiger partial charge on any atom is 0.335 e. The molecule has 0 radical (unpaired) electrons. The van der Waals surface area contributed by atoms with Crippen LogP contribution < -0.4 is 4.74 Å². The van der Waals surface area contributed by atoms with Crippen LogP contribution in [0.1, 0.15) is 28.7 Å². The van der Waals surface area contributed by atoms with E-state index in [0.717, 1.165) is 17.5 Å². The normalized spacial score (nSPS) is 10.8. The Bertz CT molecular complexity index is 805. The van der Waals surface area contributed by atoms with Gasteiger partial charge in [0, 0.05) is 12.5 Å². The third kappa shape index (κ3) is 2.93. The molecule has 2 aromatic carbocycles. The van der Waals surface area contributed by atoms with E-state index in [9.17, 15) is 4.79 Å². The standard InChI is InChI=1S/C17H15NO4/c1-2-16-18-14-8-7-13(9-15(14)22-16)21-10-11-3-5-12(6-4-11)17(19)20/h3-9H,2,10H2,1H3,(H,19,20). The molecule has 112 valence electrons. The lowest BCUT2D eigenvalue weighted by atomic mass is 10.1. The maximum absolute atomic E-state index is 10.8. The molecule has 0 unspecified atom stereocenters. The molecule has 0 saturated carbocycles. The van der Waals surface area contributed by atoms with Crippen LogP contribution in [0, 0.1) is 0 Å². The first kappa shape index (κ1) is 14.1. The highest BCUT2D eigenvalue weighted by atomic mass is 16.5. The quantitative estimate of drug-likeness (QED) is 0.778. The second-order valence-electron chi connectivity index (χ2n) is 4.88. The number of carboxylic acid groups (broad SMARTS) is 1. The van der Waals surface area contributed by atoms with Gasteiger partial charge in [0.2, 0.25) is 0 Å². The Balaban J connectivity index is 1.71.